The molecular formula is C19H32N2. The highest BCUT2D eigenvalue weighted by atomic mass is 15.2. The normalized spacial score (nSPS) is 23.5. The molecule has 0 bridgehead atoms. The van der Waals surface area contributed by atoms with Gasteiger partial charge in [-0.25, -0.2) is 0 Å². The lowest BCUT2D eigenvalue weighted by Gasteiger charge is -2.41. The Bertz CT molecular complexity index is 444. The molecule has 1 fully saturated rings. The summed E-state index contributed by atoms with van der Waals surface area (Å²) in [6.45, 7) is 14.8. The lowest BCUT2D eigenvalue weighted by atomic mass is 9.97. The number of hydrogen-bond acceptors (Lipinski definition) is 2. The van der Waals surface area contributed by atoms with Gasteiger partial charge >= 0.3 is 0 Å². The fourth-order valence-electron chi connectivity index (χ4n) is 3.68. The molecule has 0 radical (unpaired) electrons. The van der Waals surface area contributed by atoms with Gasteiger partial charge in [0.15, 0.2) is 0 Å². The van der Waals surface area contributed by atoms with Crippen molar-refractivity contribution in [2.75, 3.05) is 13.1 Å². The van der Waals surface area contributed by atoms with Crippen LogP contribution >= 0.6 is 0 Å². The van der Waals surface area contributed by atoms with Crippen LogP contribution in [0.3, 0.4) is 0 Å². The minimum absolute atomic E-state index is 0.657. The van der Waals surface area contributed by atoms with E-state index in [0.717, 1.165) is 13.1 Å². The molecule has 0 saturated carbocycles. The molecule has 0 aliphatic carbocycles. The average molecular weight is 288 g/mol. The molecule has 1 aromatic carbocycles. The monoisotopic (exact) mass is 288 g/mol. The largest absolute Gasteiger partial charge is 0.311 e. The second-order valence-corrected chi connectivity index (χ2v) is 6.76. The second kappa shape index (κ2) is 7.42. The van der Waals surface area contributed by atoms with Gasteiger partial charge in [0.05, 0.1) is 0 Å². The predicted molar refractivity (Wildman–Crippen MR) is 91.8 cm³/mol. The third kappa shape index (κ3) is 4.08. The number of benzene rings is 1. The minimum Gasteiger partial charge on any atom is -0.311 e. The molecule has 2 unspecified atom stereocenters. The zero-order valence-electron chi connectivity index (χ0n) is 14.5. The molecule has 2 rings (SSSR count). The number of rotatable bonds is 5. The number of hydrogen-bond donors (Lipinski definition) is 1. The van der Waals surface area contributed by atoms with Gasteiger partial charge in [-0.2, -0.15) is 0 Å². The van der Waals surface area contributed by atoms with Crippen molar-refractivity contribution in [1.82, 2.24) is 10.2 Å². The number of nitrogens with zero attached hydrogens (tertiary/aromatic N) is 1. The fourth-order valence-corrected chi connectivity index (χ4v) is 3.68. The first kappa shape index (κ1) is 16.5. The highest BCUT2D eigenvalue weighted by Gasteiger charge is 2.27. The Balaban J connectivity index is 2.17. The first-order valence-electron chi connectivity index (χ1n) is 8.59. The van der Waals surface area contributed by atoms with Crippen LogP contribution in [0.4, 0.5) is 0 Å². The quantitative estimate of drug-likeness (QED) is 0.882. The van der Waals surface area contributed by atoms with Crippen molar-refractivity contribution in [2.24, 2.45) is 0 Å². The van der Waals surface area contributed by atoms with E-state index in [1.165, 1.54) is 42.5 Å². The van der Waals surface area contributed by atoms with Gasteiger partial charge in [-0.1, -0.05) is 38.0 Å². The molecule has 2 atom stereocenters. The van der Waals surface area contributed by atoms with E-state index >= 15 is 0 Å². The molecular weight excluding hydrogens is 256 g/mol. The maximum Gasteiger partial charge on any atom is 0.0243 e. The summed E-state index contributed by atoms with van der Waals surface area (Å²) in [5.74, 6) is 0. The summed E-state index contributed by atoms with van der Waals surface area (Å²) in [6, 6.07) is 6.01. The molecule has 118 valence electrons. The Labute approximate surface area is 130 Å². The molecule has 0 aromatic heterocycles. The molecule has 1 N–H and O–H groups in total. The van der Waals surface area contributed by atoms with Gasteiger partial charge in [-0.05, 0) is 50.3 Å². The Morgan fingerprint density at radius 1 is 1.14 bits per heavy atom. The van der Waals surface area contributed by atoms with Crippen LogP contribution < -0.4 is 5.32 Å². The lowest BCUT2D eigenvalue weighted by Crippen LogP contribution is -2.55. The smallest absolute Gasteiger partial charge is 0.0243 e. The zero-order valence-corrected chi connectivity index (χ0v) is 14.5. The Morgan fingerprint density at radius 2 is 1.81 bits per heavy atom. The molecule has 0 spiro atoms. The van der Waals surface area contributed by atoms with Crippen LogP contribution in [0.15, 0.2) is 12.1 Å². The van der Waals surface area contributed by atoms with Gasteiger partial charge < -0.3 is 5.32 Å². The Hall–Kier alpha value is -0.860. The minimum atomic E-state index is 0.657. The summed E-state index contributed by atoms with van der Waals surface area (Å²) in [7, 11) is 0. The Kier molecular flexibility index (Phi) is 5.83. The van der Waals surface area contributed by atoms with Gasteiger partial charge in [0, 0.05) is 31.7 Å². The van der Waals surface area contributed by atoms with E-state index in [4.69, 9.17) is 0 Å². The Morgan fingerprint density at radius 3 is 2.38 bits per heavy atom. The summed E-state index contributed by atoms with van der Waals surface area (Å²) in [5.41, 5.74) is 5.83. The lowest BCUT2D eigenvalue weighted by molar-refractivity contribution is 0.113. The van der Waals surface area contributed by atoms with Gasteiger partial charge in [-0.15, -0.1) is 0 Å². The predicted octanol–water partition coefficient (Wildman–Crippen LogP) is 3.96. The standard InChI is InChI=1S/C19H32N2/c1-6-8-18-11-20-17(7-2)12-21(18)13-19-15(4)9-14(3)10-16(19)5/h9-10,17-18,20H,6-8,11-13H2,1-5H3. The summed E-state index contributed by atoms with van der Waals surface area (Å²) < 4.78 is 0. The molecule has 21 heavy (non-hydrogen) atoms. The fraction of sp³-hybridized carbons (Fsp3) is 0.684. The van der Waals surface area contributed by atoms with E-state index in [2.05, 4.69) is 57.0 Å². The SMILES string of the molecule is CCCC1CNC(CC)CN1Cc1c(C)cc(C)cc1C. The highest BCUT2D eigenvalue weighted by molar-refractivity contribution is 5.37. The van der Waals surface area contributed by atoms with Crippen LogP contribution in [0.25, 0.3) is 0 Å². The first-order valence-corrected chi connectivity index (χ1v) is 8.59. The summed E-state index contributed by atoms with van der Waals surface area (Å²) in [5, 5.41) is 3.72. The average Bonchev–Trinajstić information content (AvgIpc) is 2.44. The molecule has 1 aromatic rings. The van der Waals surface area contributed by atoms with E-state index in [9.17, 15) is 0 Å². The van der Waals surface area contributed by atoms with Gasteiger partial charge in [0.25, 0.3) is 0 Å². The third-order valence-electron chi connectivity index (χ3n) is 4.93. The molecule has 2 heteroatoms. The second-order valence-electron chi connectivity index (χ2n) is 6.76. The van der Waals surface area contributed by atoms with Crippen LogP contribution in [0.1, 0.15) is 55.4 Å². The molecule has 1 aliphatic rings. The maximum atomic E-state index is 3.72. The molecule has 1 saturated heterocycles. The van der Waals surface area contributed by atoms with Crippen LogP contribution in [-0.2, 0) is 6.54 Å². The van der Waals surface area contributed by atoms with Gasteiger partial charge in [-0.3, -0.25) is 4.90 Å². The summed E-state index contributed by atoms with van der Waals surface area (Å²) in [4.78, 5) is 2.72. The van der Waals surface area contributed by atoms with E-state index in [1.54, 1.807) is 5.56 Å². The van der Waals surface area contributed by atoms with E-state index in [0.29, 0.717) is 12.1 Å². The van der Waals surface area contributed by atoms with Crippen molar-refractivity contribution in [3.63, 3.8) is 0 Å². The number of nitrogens with one attached hydrogen (secondary N) is 1. The van der Waals surface area contributed by atoms with Crippen molar-refractivity contribution in [3.05, 3.63) is 34.4 Å². The topological polar surface area (TPSA) is 15.3 Å². The van der Waals surface area contributed by atoms with E-state index in [1.807, 2.05) is 0 Å². The van der Waals surface area contributed by atoms with Crippen LogP contribution in [0, 0.1) is 20.8 Å². The maximum absolute atomic E-state index is 3.72. The number of aryl methyl sites for hydroxylation is 3. The van der Waals surface area contributed by atoms with Crippen molar-refractivity contribution in [3.8, 4) is 0 Å². The van der Waals surface area contributed by atoms with Crippen molar-refractivity contribution in [1.29, 1.82) is 0 Å². The van der Waals surface area contributed by atoms with E-state index < -0.39 is 0 Å². The molecule has 2 nitrogen and oxygen atoms in total. The first-order chi connectivity index (χ1) is 10.0. The van der Waals surface area contributed by atoms with Crippen molar-refractivity contribution >= 4 is 0 Å². The van der Waals surface area contributed by atoms with Gasteiger partial charge in [0.2, 0.25) is 0 Å². The highest BCUT2D eigenvalue weighted by Crippen LogP contribution is 2.22. The van der Waals surface area contributed by atoms with Crippen molar-refractivity contribution in [2.45, 2.75) is 72.5 Å². The third-order valence-corrected chi connectivity index (χ3v) is 4.93. The van der Waals surface area contributed by atoms with Crippen molar-refractivity contribution < 1.29 is 0 Å². The molecule has 1 heterocycles. The zero-order chi connectivity index (χ0) is 15.4. The number of piperazine rings is 1. The summed E-state index contributed by atoms with van der Waals surface area (Å²) in [6.07, 6.45) is 3.79. The molecule has 0 amide bonds. The van der Waals surface area contributed by atoms with Gasteiger partial charge in [0.1, 0.15) is 0 Å². The van der Waals surface area contributed by atoms with Crippen LogP contribution in [-0.4, -0.2) is 30.1 Å². The summed E-state index contributed by atoms with van der Waals surface area (Å²) >= 11 is 0. The van der Waals surface area contributed by atoms with E-state index in [-0.39, 0.29) is 0 Å². The molecule has 1 aliphatic heterocycles. The van der Waals surface area contributed by atoms with Crippen LogP contribution in [0.5, 0.6) is 0 Å². The van der Waals surface area contributed by atoms with Crippen LogP contribution in [0.2, 0.25) is 0 Å².